The van der Waals surface area contributed by atoms with Crippen LogP contribution in [0.4, 0.5) is 13.2 Å². The molecular weight excluding hydrogens is 451 g/mol. The Bertz CT molecular complexity index is 1190. The molecule has 1 aliphatic heterocycles. The highest BCUT2D eigenvalue weighted by Crippen LogP contribution is 2.59. The average Bonchev–Trinajstić information content (AvgIpc) is 3.52. The van der Waals surface area contributed by atoms with Crippen molar-refractivity contribution >= 4 is 17.7 Å². The van der Waals surface area contributed by atoms with Crippen LogP contribution >= 0.6 is 0 Å². The Kier molecular flexibility index (Phi) is 6.00. The van der Waals surface area contributed by atoms with Crippen molar-refractivity contribution in [1.82, 2.24) is 20.2 Å². The van der Waals surface area contributed by atoms with E-state index in [1.807, 2.05) is 0 Å². The minimum atomic E-state index is -4.71. The van der Waals surface area contributed by atoms with Crippen molar-refractivity contribution in [3.8, 4) is 11.8 Å². The van der Waals surface area contributed by atoms with Gasteiger partial charge in [-0.2, -0.15) is 13.2 Å². The lowest BCUT2D eigenvalue weighted by molar-refractivity contribution is -0.200. The fourth-order valence-electron chi connectivity index (χ4n) is 3.99. The molecule has 1 fully saturated rings. The zero-order valence-corrected chi connectivity index (χ0v) is 17.8. The fourth-order valence-corrected chi connectivity index (χ4v) is 3.99. The summed E-state index contributed by atoms with van der Waals surface area (Å²) in [6, 6.07) is 5.76. The van der Waals surface area contributed by atoms with E-state index in [-0.39, 0.29) is 25.8 Å². The van der Waals surface area contributed by atoms with E-state index >= 15 is 0 Å². The van der Waals surface area contributed by atoms with Gasteiger partial charge in [-0.25, -0.2) is 9.97 Å². The van der Waals surface area contributed by atoms with Crippen LogP contribution in [0, 0.1) is 17.3 Å². The maximum atomic E-state index is 13.6. The minimum absolute atomic E-state index is 0.127. The summed E-state index contributed by atoms with van der Waals surface area (Å²) in [5.41, 5.74) is 4.15. The smallest absolute Gasteiger partial charge is 0.370 e. The summed E-state index contributed by atoms with van der Waals surface area (Å²) < 4.78 is 40.9. The molecule has 11 heteroatoms. The summed E-state index contributed by atoms with van der Waals surface area (Å²) in [6.07, 6.45) is -2.93. The number of alkyl halides is 3. The van der Waals surface area contributed by atoms with E-state index in [0.717, 1.165) is 4.90 Å². The lowest BCUT2D eigenvalue weighted by Gasteiger charge is -2.30. The predicted molar refractivity (Wildman–Crippen MR) is 112 cm³/mol. The SMILES string of the molecule is NC(=O)C[C@@H](C#Cc1ccncn1)NC(=O)[C@@H]1c2ccccc2CN1C(=O)C1(C(F)(F)F)CC1. The molecule has 1 aromatic carbocycles. The molecule has 34 heavy (non-hydrogen) atoms. The standard InChI is InChI=1S/C23H20F3N5O3/c24-23(25,26)22(8-9-22)21(34)31-12-14-3-1-2-4-17(14)19(31)20(33)30-16(11-18(27)32)6-5-15-7-10-28-13-29-15/h1-4,7,10,13,16,19H,8-9,11-12H2,(H2,27,32)(H,30,33)/t16-,19+/m1/s1. The normalized spacial score (nSPS) is 18.8. The van der Waals surface area contributed by atoms with Crippen molar-refractivity contribution in [2.24, 2.45) is 11.1 Å². The summed E-state index contributed by atoms with van der Waals surface area (Å²) in [5, 5.41) is 2.56. The first-order valence-electron chi connectivity index (χ1n) is 10.4. The van der Waals surface area contributed by atoms with Crippen molar-refractivity contribution < 1.29 is 27.6 Å². The van der Waals surface area contributed by atoms with Gasteiger partial charge in [-0.05, 0) is 36.0 Å². The Morgan fingerprint density at radius 2 is 1.97 bits per heavy atom. The first-order chi connectivity index (χ1) is 16.1. The molecule has 2 aromatic rings. The summed E-state index contributed by atoms with van der Waals surface area (Å²) in [6.45, 7) is -0.127. The number of carbonyl (C=O) groups excluding carboxylic acids is 3. The second kappa shape index (κ2) is 8.78. The van der Waals surface area contributed by atoms with Gasteiger partial charge >= 0.3 is 6.18 Å². The molecule has 8 nitrogen and oxygen atoms in total. The number of nitrogens with one attached hydrogen (secondary N) is 1. The van der Waals surface area contributed by atoms with Crippen molar-refractivity contribution in [3.05, 3.63) is 59.7 Å². The molecule has 1 aromatic heterocycles. The van der Waals surface area contributed by atoms with Gasteiger partial charge in [0.05, 0.1) is 12.5 Å². The van der Waals surface area contributed by atoms with Crippen molar-refractivity contribution in [3.63, 3.8) is 0 Å². The Morgan fingerprint density at radius 3 is 2.59 bits per heavy atom. The van der Waals surface area contributed by atoms with Gasteiger partial charge in [-0.3, -0.25) is 14.4 Å². The third kappa shape index (κ3) is 4.44. The van der Waals surface area contributed by atoms with Crippen molar-refractivity contribution in [2.45, 2.75) is 44.1 Å². The van der Waals surface area contributed by atoms with Crippen LogP contribution in [-0.4, -0.2) is 44.8 Å². The van der Waals surface area contributed by atoms with E-state index in [1.165, 1.54) is 18.6 Å². The number of carbonyl (C=O) groups is 3. The highest BCUT2D eigenvalue weighted by Gasteiger charge is 2.70. The lowest BCUT2D eigenvalue weighted by atomic mass is 10.0. The summed E-state index contributed by atoms with van der Waals surface area (Å²) >= 11 is 0. The molecule has 2 heterocycles. The number of primary amides is 1. The van der Waals surface area contributed by atoms with Crippen LogP contribution in [0.15, 0.2) is 42.9 Å². The average molecular weight is 471 g/mol. The Labute approximate surface area is 192 Å². The maximum Gasteiger partial charge on any atom is 0.403 e. The second-order valence-electron chi connectivity index (χ2n) is 8.21. The quantitative estimate of drug-likeness (QED) is 0.643. The molecule has 0 saturated heterocycles. The summed E-state index contributed by atoms with van der Waals surface area (Å²) in [7, 11) is 0. The van der Waals surface area contributed by atoms with Crippen LogP contribution in [0.2, 0.25) is 0 Å². The molecule has 0 spiro atoms. The number of hydrogen-bond acceptors (Lipinski definition) is 5. The molecule has 0 bridgehead atoms. The van der Waals surface area contributed by atoms with Crippen molar-refractivity contribution in [1.29, 1.82) is 0 Å². The van der Waals surface area contributed by atoms with Crippen LogP contribution in [0.25, 0.3) is 0 Å². The Hall–Kier alpha value is -3.94. The number of halogens is 3. The number of aromatic nitrogens is 2. The van der Waals surface area contributed by atoms with Crippen LogP contribution in [0.5, 0.6) is 0 Å². The van der Waals surface area contributed by atoms with E-state index in [4.69, 9.17) is 5.73 Å². The summed E-state index contributed by atoms with van der Waals surface area (Å²) in [4.78, 5) is 46.5. The molecule has 4 rings (SSSR count). The first-order valence-corrected chi connectivity index (χ1v) is 10.4. The van der Waals surface area contributed by atoms with Gasteiger partial charge in [-0.1, -0.05) is 30.2 Å². The molecule has 3 N–H and O–H groups in total. The molecule has 3 amide bonds. The number of benzene rings is 1. The van der Waals surface area contributed by atoms with E-state index < -0.39 is 41.4 Å². The molecule has 0 radical (unpaired) electrons. The second-order valence-corrected chi connectivity index (χ2v) is 8.21. The number of amides is 3. The first kappa shape index (κ1) is 23.2. The zero-order valence-electron chi connectivity index (χ0n) is 17.8. The minimum Gasteiger partial charge on any atom is -0.370 e. The lowest BCUT2D eigenvalue weighted by Crippen LogP contribution is -2.48. The number of nitrogens with two attached hydrogens (primary N) is 1. The third-order valence-corrected chi connectivity index (χ3v) is 5.89. The van der Waals surface area contributed by atoms with E-state index in [9.17, 15) is 27.6 Å². The Morgan fingerprint density at radius 1 is 1.24 bits per heavy atom. The zero-order chi connectivity index (χ0) is 24.5. The molecule has 176 valence electrons. The van der Waals surface area contributed by atoms with Gasteiger partial charge in [0.15, 0.2) is 0 Å². The van der Waals surface area contributed by atoms with Crippen LogP contribution in [0.3, 0.4) is 0 Å². The number of hydrogen-bond donors (Lipinski definition) is 2. The maximum absolute atomic E-state index is 13.6. The van der Waals surface area contributed by atoms with Gasteiger partial charge in [-0.15, -0.1) is 0 Å². The number of nitrogens with zero attached hydrogens (tertiary/aromatic N) is 3. The van der Waals surface area contributed by atoms with Crippen LogP contribution in [0.1, 0.15) is 42.1 Å². The fraction of sp³-hybridized carbons (Fsp3) is 0.348. The highest BCUT2D eigenvalue weighted by atomic mass is 19.4. The van der Waals surface area contributed by atoms with E-state index in [1.54, 1.807) is 24.3 Å². The molecule has 0 unspecified atom stereocenters. The van der Waals surface area contributed by atoms with Gasteiger partial charge < -0.3 is 16.0 Å². The topological polar surface area (TPSA) is 118 Å². The van der Waals surface area contributed by atoms with E-state index in [2.05, 4.69) is 27.1 Å². The highest BCUT2D eigenvalue weighted by molar-refractivity contribution is 5.94. The number of rotatable bonds is 5. The molecule has 2 atom stereocenters. The van der Waals surface area contributed by atoms with E-state index in [0.29, 0.717) is 16.8 Å². The molecule has 2 aliphatic rings. The Balaban J connectivity index is 1.62. The summed E-state index contributed by atoms with van der Waals surface area (Å²) in [5.74, 6) is 2.78. The van der Waals surface area contributed by atoms with Gasteiger partial charge in [0.25, 0.3) is 0 Å². The van der Waals surface area contributed by atoms with Crippen LogP contribution in [-0.2, 0) is 20.9 Å². The predicted octanol–water partition coefficient (Wildman–Crippen LogP) is 1.61. The molecule has 1 aliphatic carbocycles. The van der Waals surface area contributed by atoms with Crippen LogP contribution < -0.4 is 11.1 Å². The van der Waals surface area contributed by atoms with Gasteiger partial charge in [0, 0.05) is 12.7 Å². The monoisotopic (exact) mass is 471 g/mol. The molecule has 1 saturated carbocycles. The van der Waals surface area contributed by atoms with Crippen molar-refractivity contribution in [2.75, 3.05) is 0 Å². The van der Waals surface area contributed by atoms with Gasteiger partial charge in [0.1, 0.15) is 23.5 Å². The third-order valence-electron chi connectivity index (χ3n) is 5.89. The largest absolute Gasteiger partial charge is 0.403 e. The van der Waals surface area contributed by atoms with Gasteiger partial charge in [0.2, 0.25) is 17.7 Å². The number of fused-ring (bicyclic) bond motifs is 1. The molecular formula is C23H20F3N5O3.